The number of methoxy groups -OCH3 is 2. The maximum atomic E-state index is 5.70. The first-order chi connectivity index (χ1) is 10.3. The molecule has 0 fully saturated rings. The molecular weight excluding hydrogens is 268 g/mol. The lowest BCUT2D eigenvalue weighted by molar-refractivity contribution is 0.128. The first-order valence-electron chi connectivity index (χ1n) is 7.45. The molecule has 0 aliphatic heterocycles. The maximum absolute atomic E-state index is 5.70. The van der Waals surface area contributed by atoms with Gasteiger partial charge in [0.05, 0.1) is 13.2 Å². The second-order valence-electron chi connectivity index (χ2n) is 4.95. The zero-order valence-electron chi connectivity index (χ0n) is 13.2. The van der Waals surface area contributed by atoms with E-state index in [0.29, 0.717) is 6.61 Å². The van der Waals surface area contributed by atoms with Crippen molar-refractivity contribution >= 4 is 5.69 Å². The Bertz CT molecular complexity index is 357. The van der Waals surface area contributed by atoms with Crippen molar-refractivity contribution in [1.29, 1.82) is 0 Å². The fourth-order valence-corrected chi connectivity index (χ4v) is 2.03. The van der Waals surface area contributed by atoms with Gasteiger partial charge in [-0.2, -0.15) is 0 Å². The highest BCUT2D eigenvalue weighted by atomic mass is 16.5. The molecule has 0 aliphatic carbocycles. The normalized spacial score (nSPS) is 11.0. The van der Waals surface area contributed by atoms with Gasteiger partial charge in [0.2, 0.25) is 0 Å². The number of nitrogen functional groups attached to an aromatic ring is 1. The molecule has 0 heterocycles. The molecule has 0 bridgehead atoms. The molecule has 120 valence electrons. The topological polar surface area (TPSA) is 57.0 Å². The smallest absolute Gasteiger partial charge is 0.119 e. The largest absolute Gasteiger partial charge is 0.494 e. The van der Waals surface area contributed by atoms with Crippen molar-refractivity contribution in [3.05, 3.63) is 24.3 Å². The molecule has 2 N–H and O–H groups in total. The first kappa shape index (κ1) is 17.8. The van der Waals surface area contributed by atoms with Gasteiger partial charge in [0.1, 0.15) is 5.75 Å². The summed E-state index contributed by atoms with van der Waals surface area (Å²) in [5, 5.41) is 0. The number of nitrogens with two attached hydrogens (primary N) is 1. The maximum Gasteiger partial charge on any atom is 0.119 e. The Hall–Kier alpha value is -1.30. The highest BCUT2D eigenvalue weighted by Gasteiger charge is 2.04. The van der Waals surface area contributed by atoms with Crippen molar-refractivity contribution < 1.29 is 14.2 Å². The molecule has 5 heteroatoms. The SMILES string of the molecule is COCCCN(CCCOc1ccc(N)cc1)CCOC. The van der Waals surface area contributed by atoms with E-state index in [0.717, 1.165) is 57.1 Å². The highest BCUT2D eigenvalue weighted by molar-refractivity contribution is 5.41. The zero-order valence-corrected chi connectivity index (χ0v) is 13.2. The van der Waals surface area contributed by atoms with Crippen LogP contribution in [0.1, 0.15) is 12.8 Å². The molecule has 21 heavy (non-hydrogen) atoms. The fourth-order valence-electron chi connectivity index (χ4n) is 2.03. The number of anilines is 1. The Kier molecular flexibility index (Phi) is 9.61. The number of rotatable bonds is 12. The highest BCUT2D eigenvalue weighted by Crippen LogP contribution is 2.13. The van der Waals surface area contributed by atoms with Gasteiger partial charge in [-0.15, -0.1) is 0 Å². The minimum atomic E-state index is 0.706. The van der Waals surface area contributed by atoms with E-state index in [4.69, 9.17) is 19.9 Å². The molecule has 0 saturated heterocycles. The Morgan fingerprint density at radius 3 is 2.10 bits per heavy atom. The van der Waals surface area contributed by atoms with E-state index in [1.165, 1.54) is 0 Å². The predicted molar refractivity (Wildman–Crippen MR) is 85.8 cm³/mol. The van der Waals surface area contributed by atoms with Crippen molar-refractivity contribution in [1.82, 2.24) is 4.90 Å². The summed E-state index contributed by atoms with van der Waals surface area (Å²) in [5.41, 5.74) is 6.40. The monoisotopic (exact) mass is 296 g/mol. The molecule has 1 aromatic carbocycles. The summed E-state index contributed by atoms with van der Waals surface area (Å²) >= 11 is 0. The van der Waals surface area contributed by atoms with Crippen molar-refractivity contribution in [3.8, 4) is 5.75 Å². The number of hydrogen-bond donors (Lipinski definition) is 1. The number of nitrogens with zero attached hydrogens (tertiary/aromatic N) is 1. The summed E-state index contributed by atoms with van der Waals surface area (Å²) in [6, 6.07) is 7.50. The van der Waals surface area contributed by atoms with Crippen LogP contribution in [0.2, 0.25) is 0 Å². The van der Waals surface area contributed by atoms with E-state index < -0.39 is 0 Å². The van der Waals surface area contributed by atoms with Crippen LogP contribution in [0.3, 0.4) is 0 Å². The van der Waals surface area contributed by atoms with Crippen LogP contribution in [-0.4, -0.2) is 58.6 Å². The van der Waals surface area contributed by atoms with Gasteiger partial charge in [0, 0.05) is 46.1 Å². The predicted octanol–water partition coefficient (Wildman–Crippen LogP) is 2.02. The van der Waals surface area contributed by atoms with Crippen LogP contribution in [0, 0.1) is 0 Å². The molecule has 0 amide bonds. The minimum Gasteiger partial charge on any atom is -0.494 e. The molecule has 0 unspecified atom stereocenters. The van der Waals surface area contributed by atoms with Gasteiger partial charge in [-0.25, -0.2) is 0 Å². The van der Waals surface area contributed by atoms with Gasteiger partial charge >= 0.3 is 0 Å². The molecule has 0 aliphatic rings. The molecule has 0 spiro atoms. The summed E-state index contributed by atoms with van der Waals surface area (Å²) in [5.74, 6) is 0.868. The average molecular weight is 296 g/mol. The Morgan fingerprint density at radius 2 is 1.48 bits per heavy atom. The lowest BCUT2D eigenvalue weighted by Gasteiger charge is -2.21. The fraction of sp³-hybridized carbons (Fsp3) is 0.625. The van der Waals surface area contributed by atoms with Crippen LogP contribution in [0.15, 0.2) is 24.3 Å². The summed E-state index contributed by atoms with van der Waals surface area (Å²) in [6.07, 6.45) is 2.03. The molecule has 5 nitrogen and oxygen atoms in total. The van der Waals surface area contributed by atoms with Crippen LogP contribution < -0.4 is 10.5 Å². The quantitative estimate of drug-likeness (QED) is 0.472. The van der Waals surface area contributed by atoms with Gasteiger partial charge < -0.3 is 24.8 Å². The van der Waals surface area contributed by atoms with Gasteiger partial charge in [0.15, 0.2) is 0 Å². The summed E-state index contributed by atoms with van der Waals surface area (Å²) in [7, 11) is 3.47. The molecule has 0 aromatic heterocycles. The summed E-state index contributed by atoms with van der Waals surface area (Å²) in [6.45, 7) is 5.23. The second kappa shape index (κ2) is 11.4. The lowest BCUT2D eigenvalue weighted by atomic mass is 10.3. The lowest BCUT2D eigenvalue weighted by Crippen LogP contribution is -2.31. The molecule has 1 rings (SSSR count). The number of ether oxygens (including phenoxy) is 3. The van der Waals surface area contributed by atoms with E-state index in [2.05, 4.69) is 4.90 Å². The molecule has 0 radical (unpaired) electrons. The minimum absolute atomic E-state index is 0.706. The van der Waals surface area contributed by atoms with Gasteiger partial charge in [-0.1, -0.05) is 0 Å². The van der Waals surface area contributed by atoms with Crippen molar-refractivity contribution in [2.45, 2.75) is 12.8 Å². The zero-order chi connectivity index (χ0) is 15.3. The third-order valence-corrected chi connectivity index (χ3v) is 3.20. The number of hydrogen-bond acceptors (Lipinski definition) is 5. The van der Waals surface area contributed by atoms with E-state index in [9.17, 15) is 0 Å². The van der Waals surface area contributed by atoms with Crippen molar-refractivity contribution in [2.24, 2.45) is 0 Å². The van der Waals surface area contributed by atoms with Crippen LogP contribution in [0.5, 0.6) is 5.75 Å². The van der Waals surface area contributed by atoms with Crippen molar-refractivity contribution in [2.75, 3.05) is 59.4 Å². The second-order valence-corrected chi connectivity index (χ2v) is 4.95. The first-order valence-corrected chi connectivity index (χ1v) is 7.45. The van der Waals surface area contributed by atoms with E-state index >= 15 is 0 Å². The molecule has 0 atom stereocenters. The number of benzene rings is 1. The van der Waals surface area contributed by atoms with Crippen LogP contribution in [0.25, 0.3) is 0 Å². The Morgan fingerprint density at radius 1 is 0.857 bits per heavy atom. The Balaban J connectivity index is 2.20. The van der Waals surface area contributed by atoms with E-state index in [1.54, 1.807) is 14.2 Å². The molecule has 1 aromatic rings. The molecular formula is C16H28N2O3. The third kappa shape index (κ3) is 8.55. The molecule has 0 saturated carbocycles. The third-order valence-electron chi connectivity index (χ3n) is 3.20. The van der Waals surface area contributed by atoms with Crippen molar-refractivity contribution in [3.63, 3.8) is 0 Å². The van der Waals surface area contributed by atoms with Crippen LogP contribution in [-0.2, 0) is 9.47 Å². The summed E-state index contributed by atoms with van der Waals surface area (Å²) < 4.78 is 15.9. The van der Waals surface area contributed by atoms with Gasteiger partial charge in [-0.05, 0) is 37.1 Å². The van der Waals surface area contributed by atoms with Gasteiger partial charge in [-0.3, -0.25) is 0 Å². The van der Waals surface area contributed by atoms with E-state index in [-0.39, 0.29) is 0 Å². The van der Waals surface area contributed by atoms with E-state index in [1.807, 2.05) is 24.3 Å². The van der Waals surface area contributed by atoms with Gasteiger partial charge in [0.25, 0.3) is 0 Å². The Labute approximate surface area is 128 Å². The standard InChI is InChI=1S/C16H28N2O3/c1-19-12-3-9-18(11-14-20-2)10-4-13-21-16-7-5-15(17)6-8-16/h5-8H,3-4,9-14,17H2,1-2H3. The van der Waals surface area contributed by atoms with Crippen LogP contribution >= 0.6 is 0 Å². The summed E-state index contributed by atoms with van der Waals surface area (Å²) in [4.78, 5) is 2.38. The average Bonchev–Trinajstić information content (AvgIpc) is 2.50. The van der Waals surface area contributed by atoms with Crippen LogP contribution in [0.4, 0.5) is 5.69 Å².